The van der Waals surface area contributed by atoms with Crippen molar-refractivity contribution in [2.45, 2.75) is 34.3 Å². The molecule has 0 aliphatic heterocycles. The van der Waals surface area contributed by atoms with Gasteiger partial charge in [-0.15, -0.1) is 33.5 Å². The highest BCUT2D eigenvalue weighted by Crippen LogP contribution is 2.48. The number of amides is 2. The minimum Gasteiger partial charge on any atom is -0.505 e. The molecule has 0 saturated heterocycles. The number of carbonyl (C=O) groups excluding carboxylic acids is 1. The quantitative estimate of drug-likeness (QED) is 0.00371. The normalized spacial score (nSPS) is 12.7. The average Bonchev–Trinajstić information content (AvgIpc) is 1.84. The molecular weight excluding hydrogens is 1300 g/mol. The van der Waals surface area contributed by atoms with Gasteiger partial charge in [-0.2, -0.15) is 52.8 Å². The van der Waals surface area contributed by atoms with E-state index in [0.29, 0.717) is 18.1 Å². The smallest absolute Gasteiger partial charge is 0.357 e. The zero-order chi connectivity index (χ0) is 60.8. The molecule has 0 spiro atoms. The lowest BCUT2D eigenvalue weighted by molar-refractivity contribution is -0.432. The number of phenols is 1. The number of nitrogens with one attached hydrogen (secondary N) is 3. The lowest BCUT2D eigenvalue weighted by atomic mass is 10.1. The second-order valence-corrected chi connectivity index (χ2v) is 23.8. The number of urea groups is 1. The van der Waals surface area contributed by atoms with E-state index < -0.39 is 150 Å². The summed E-state index contributed by atoms with van der Waals surface area (Å²) >= 11 is 3.84. The highest BCUT2D eigenvalue weighted by Gasteiger charge is 2.28. The van der Waals surface area contributed by atoms with Crippen molar-refractivity contribution < 1.29 is 113 Å². The van der Waals surface area contributed by atoms with Gasteiger partial charge >= 0.3 is 17.4 Å². The first-order valence-electron chi connectivity index (χ1n) is 20.7. The summed E-state index contributed by atoms with van der Waals surface area (Å²) in [5.74, 6) is -2.50. The molecule has 83 heavy (non-hydrogen) atoms. The SMILES string of the molecule is C=COOSc1cc(N=Nc2c(SOOO)cc3c(S(=O)(=O)O)c(Nc4nc(Cl)nc(Nc5ccc(N=Nc6cc7c(S(=O)(=O)O)cc(S(=O)(=O)O)cc7cc6OS(=O)O)c(NC(N)=O)c5)n4)ccc3c2O)c(S(=O)(=O)O)cc1SOOO. The molecule has 1 unspecified atom stereocenters. The van der Waals surface area contributed by atoms with Crippen molar-refractivity contribution in [3.05, 3.63) is 90.9 Å². The number of fused-ring (bicyclic) bond motifs is 2. The van der Waals surface area contributed by atoms with Crippen molar-refractivity contribution in [3.63, 3.8) is 0 Å². The Hall–Kier alpha value is -7.13. The fraction of sp³-hybridized carbons (Fsp3) is 0. The number of nitrogens with zero attached hydrogens (tertiary/aromatic N) is 7. The van der Waals surface area contributed by atoms with Gasteiger partial charge in [-0.1, -0.05) is 16.7 Å². The number of benzene rings is 6. The maximum atomic E-state index is 13.2. The first kappa shape index (κ1) is 63.5. The molecule has 2 amide bonds. The Morgan fingerprint density at radius 2 is 1.29 bits per heavy atom. The number of azo groups is 2. The minimum atomic E-state index is -5.39. The molecule has 1 atom stereocenters. The van der Waals surface area contributed by atoms with Crippen LogP contribution in [0.3, 0.4) is 0 Å². The van der Waals surface area contributed by atoms with Gasteiger partial charge in [0.25, 0.3) is 40.5 Å². The van der Waals surface area contributed by atoms with Crippen LogP contribution in [0.5, 0.6) is 11.5 Å². The van der Waals surface area contributed by atoms with Crippen LogP contribution < -0.4 is 25.9 Å². The summed E-state index contributed by atoms with van der Waals surface area (Å²) in [4.78, 5) is 24.0. The molecule has 7 rings (SSSR count). The maximum Gasteiger partial charge on any atom is 0.357 e. The van der Waals surface area contributed by atoms with Crippen LogP contribution in [0.15, 0.2) is 140 Å². The summed E-state index contributed by atoms with van der Waals surface area (Å²) < 4.78 is 180. The average molecular weight is 1330 g/mol. The van der Waals surface area contributed by atoms with E-state index in [9.17, 15) is 70.5 Å². The van der Waals surface area contributed by atoms with E-state index >= 15 is 0 Å². The molecule has 440 valence electrons. The molecule has 0 aliphatic rings. The van der Waals surface area contributed by atoms with Crippen molar-refractivity contribution in [2.75, 3.05) is 16.0 Å². The van der Waals surface area contributed by atoms with E-state index in [1.165, 1.54) is 18.2 Å². The monoisotopic (exact) mass is 1330 g/mol. The molecule has 0 radical (unpaired) electrons. The highest BCUT2D eigenvalue weighted by molar-refractivity contribution is 7.97. The maximum absolute atomic E-state index is 13.2. The van der Waals surface area contributed by atoms with Crippen molar-refractivity contribution in [3.8, 4) is 11.5 Å². The second-order valence-electron chi connectivity index (χ2n) is 15.0. The van der Waals surface area contributed by atoms with Gasteiger partial charge in [0.1, 0.15) is 43.7 Å². The molecule has 6 aromatic carbocycles. The number of rotatable bonds is 25. The minimum absolute atomic E-state index is 0.00469. The van der Waals surface area contributed by atoms with E-state index in [4.69, 9.17) is 36.4 Å². The molecule has 0 saturated carbocycles. The first-order valence-corrected chi connectivity index (χ1v) is 30.1. The van der Waals surface area contributed by atoms with Crippen molar-refractivity contribution in [1.29, 1.82) is 0 Å². The summed E-state index contributed by atoms with van der Waals surface area (Å²) in [5, 5.41) is 57.4. The first-order chi connectivity index (χ1) is 39.0. The van der Waals surface area contributed by atoms with Crippen molar-refractivity contribution in [1.82, 2.24) is 15.0 Å². The fourth-order valence-corrected chi connectivity index (χ4v) is 11.7. The zero-order valence-electron chi connectivity index (χ0n) is 39.6. The predicted molar refractivity (Wildman–Crippen MR) is 286 cm³/mol. The Kier molecular flexibility index (Phi) is 20.0. The number of hydrogen-bond donors (Lipinski definition) is 12. The van der Waals surface area contributed by atoms with Gasteiger partial charge in [0.15, 0.2) is 11.5 Å². The summed E-state index contributed by atoms with van der Waals surface area (Å²) in [7, 11) is -20.9. The number of hydrogen-bond acceptors (Lipinski definition) is 32. The summed E-state index contributed by atoms with van der Waals surface area (Å²) in [6.07, 6.45) is 0.868. The Bertz CT molecular complexity index is 4320. The van der Waals surface area contributed by atoms with Crippen molar-refractivity contribution in [2.24, 2.45) is 26.2 Å². The van der Waals surface area contributed by atoms with Crippen LogP contribution >= 0.6 is 47.7 Å². The number of nitrogens with two attached hydrogens (primary N) is 1. The predicted octanol–water partition coefficient (Wildman–Crippen LogP) is 8.80. The van der Waals surface area contributed by atoms with E-state index in [0.717, 1.165) is 54.8 Å². The second kappa shape index (κ2) is 26.2. The Morgan fingerprint density at radius 3 is 1.90 bits per heavy atom. The number of aromatic hydroxyl groups is 1. The highest BCUT2D eigenvalue weighted by atomic mass is 35.5. The van der Waals surface area contributed by atoms with Gasteiger partial charge in [0.05, 0.1) is 67.1 Å². The van der Waals surface area contributed by atoms with Crippen LogP contribution in [0.2, 0.25) is 5.28 Å². The zero-order valence-corrected chi connectivity index (χ0v) is 46.9. The van der Waals surface area contributed by atoms with Gasteiger partial charge in [-0.25, -0.2) is 15.3 Å². The van der Waals surface area contributed by atoms with Crippen LogP contribution in [0.1, 0.15) is 0 Å². The fourth-order valence-electron chi connectivity index (χ4n) is 6.82. The Morgan fingerprint density at radius 1 is 0.663 bits per heavy atom. The number of primary amides is 1. The number of anilines is 5. The molecule has 7 aromatic rings. The standard InChI is InChI=1S/C38H28ClN11O25S8/c1-2-69-73-76-27-13-25(31(82(63,64)65)14-28(27)77-74-71-53)49-50-32-29(78-75-72-54)12-20-18(33(32)51)4-6-22(34(20)83(66,67)68)43-38-45-35(39)44-37(46-38)41-16-3-5-21(23(9-16)42-36(40)52)47-48-24-11-19-15(8-26(24)70-79(55)56)7-17(80(57,58)59)10-30(19)81(60,61)62/h2-14,51,53-54H,1H2,(H,55,56)(H3,40,42,52)(H,57,58,59)(H,60,61,62)(H,63,64,65)(H,66,67,68)(H2,41,43,44,45,46). The number of halogens is 1. The summed E-state index contributed by atoms with van der Waals surface area (Å²) in [6.45, 7) is 3.29. The lowest BCUT2D eigenvalue weighted by Gasteiger charge is -2.15. The molecular formula is C38H28ClN11O25S8. The van der Waals surface area contributed by atoms with Gasteiger partial charge in [0, 0.05) is 21.8 Å². The van der Waals surface area contributed by atoms with E-state index in [1.807, 2.05) is 0 Å². The number of phenolic OH excluding ortho intramolecular Hbond substituents is 1. The molecule has 1 aromatic heterocycles. The Labute approximate surface area is 482 Å². The van der Waals surface area contributed by atoms with E-state index in [-0.39, 0.29) is 56.3 Å². The van der Waals surface area contributed by atoms with Crippen LogP contribution in [0, 0.1) is 0 Å². The lowest BCUT2D eigenvalue weighted by Crippen LogP contribution is -2.19. The molecule has 13 N–H and O–H groups in total. The molecule has 36 nitrogen and oxygen atoms in total. The Balaban J connectivity index is 1.25. The third kappa shape index (κ3) is 16.0. The molecule has 0 fully saturated rings. The topological polar surface area (TPSA) is 547 Å². The van der Waals surface area contributed by atoms with Crippen LogP contribution in [0.4, 0.5) is 56.5 Å². The molecule has 0 bridgehead atoms. The summed E-state index contributed by atoms with van der Waals surface area (Å²) in [5.41, 5.74) is 2.58. The number of carbonyl (C=O) groups is 1. The van der Waals surface area contributed by atoms with Crippen LogP contribution in [-0.2, 0) is 79.8 Å². The van der Waals surface area contributed by atoms with Gasteiger partial charge in [-0.05, 0) is 89.8 Å². The number of aromatic nitrogens is 3. The van der Waals surface area contributed by atoms with Crippen LogP contribution in [-0.4, -0.2) is 97.2 Å². The third-order valence-corrected chi connectivity index (χ3v) is 16.0. The van der Waals surface area contributed by atoms with Gasteiger partial charge in [0.2, 0.25) is 17.2 Å². The van der Waals surface area contributed by atoms with Crippen molar-refractivity contribution >= 4 is 179 Å². The van der Waals surface area contributed by atoms with E-state index in [1.54, 1.807) is 0 Å². The summed E-state index contributed by atoms with van der Waals surface area (Å²) in [6, 6.07) is 10.0. The van der Waals surface area contributed by atoms with Gasteiger partial charge < -0.3 is 35.9 Å². The molecule has 45 heteroatoms. The van der Waals surface area contributed by atoms with Crippen LogP contribution in [0.25, 0.3) is 21.5 Å². The van der Waals surface area contributed by atoms with E-state index in [2.05, 4.69) is 81.6 Å². The molecule has 1 heterocycles. The third-order valence-electron chi connectivity index (χ3n) is 9.88. The van der Waals surface area contributed by atoms with Gasteiger partial charge in [-0.3, -0.25) is 22.8 Å². The molecule has 0 aliphatic carbocycles. The largest absolute Gasteiger partial charge is 0.505 e.